The van der Waals surface area contributed by atoms with Crippen molar-refractivity contribution in [1.82, 2.24) is 0 Å². The summed E-state index contributed by atoms with van der Waals surface area (Å²) in [7, 11) is 0. The Labute approximate surface area is 86.9 Å². The summed E-state index contributed by atoms with van der Waals surface area (Å²) in [5, 5.41) is 0. The lowest BCUT2D eigenvalue weighted by Gasteiger charge is -2.36. The highest BCUT2D eigenvalue weighted by molar-refractivity contribution is 5.87. The molecular formula is C13H20O. The van der Waals surface area contributed by atoms with Gasteiger partial charge in [-0.1, -0.05) is 31.6 Å². The van der Waals surface area contributed by atoms with E-state index in [1.54, 1.807) is 13.0 Å². The molecule has 1 atom stereocenters. The van der Waals surface area contributed by atoms with Gasteiger partial charge in [-0.2, -0.15) is 0 Å². The molecule has 0 heterocycles. The SMILES string of the molecule is CC(=O)C=C[C@@H]1C(C)=CCCC1(C)C. The Morgan fingerprint density at radius 3 is 2.71 bits per heavy atom. The highest BCUT2D eigenvalue weighted by Gasteiger charge is 2.30. The average Bonchev–Trinajstić information content (AvgIpc) is 2.01. The molecule has 0 aromatic heterocycles. The summed E-state index contributed by atoms with van der Waals surface area (Å²) in [4.78, 5) is 10.9. The van der Waals surface area contributed by atoms with E-state index in [0.717, 1.165) is 0 Å². The summed E-state index contributed by atoms with van der Waals surface area (Å²) >= 11 is 0. The molecule has 0 saturated carbocycles. The van der Waals surface area contributed by atoms with Crippen LogP contribution in [0.3, 0.4) is 0 Å². The van der Waals surface area contributed by atoms with Crippen LogP contribution in [0.5, 0.6) is 0 Å². The van der Waals surface area contributed by atoms with Gasteiger partial charge in [-0.25, -0.2) is 0 Å². The molecule has 0 fully saturated rings. The highest BCUT2D eigenvalue weighted by atomic mass is 16.1. The Kier molecular flexibility index (Phi) is 3.30. The maximum atomic E-state index is 10.9. The Morgan fingerprint density at radius 2 is 2.21 bits per heavy atom. The molecule has 1 aliphatic carbocycles. The quantitative estimate of drug-likeness (QED) is 0.483. The molecule has 1 aliphatic rings. The van der Waals surface area contributed by atoms with E-state index in [4.69, 9.17) is 0 Å². The molecule has 0 bridgehead atoms. The molecule has 0 radical (unpaired) electrons. The summed E-state index contributed by atoms with van der Waals surface area (Å²) in [6.45, 7) is 8.32. The Bertz CT molecular complexity index is 282. The fourth-order valence-corrected chi connectivity index (χ4v) is 2.21. The van der Waals surface area contributed by atoms with E-state index < -0.39 is 0 Å². The van der Waals surface area contributed by atoms with E-state index in [1.165, 1.54) is 18.4 Å². The van der Waals surface area contributed by atoms with Crippen LogP contribution < -0.4 is 0 Å². The van der Waals surface area contributed by atoms with Gasteiger partial charge in [0.25, 0.3) is 0 Å². The zero-order valence-corrected chi connectivity index (χ0v) is 9.63. The van der Waals surface area contributed by atoms with E-state index in [-0.39, 0.29) is 5.78 Å². The van der Waals surface area contributed by atoms with Crippen molar-refractivity contribution >= 4 is 5.78 Å². The summed E-state index contributed by atoms with van der Waals surface area (Å²) in [6.07, 6.45) is 8.43. The van der Waals surface area contributed by atoms with Gasteiger partial charge in [0, 0.05) is 5.92 Å². The second-order valence-electron chi connectivity index (χ2n) is 4.92. The van der Waals surface area contributed by atoms with Gasteiger partial charge in [0.05, 0.1) is 0 Å². The van der Waals surface area contributed by atoms with Crippen molar-refractivity contribution < 1.29 is 4.79 Å². The van der Waals surface area contributed by atoms with Crippen molar-refractivity contribution in [1.29, 1.82) is 0 Å². The molecule has 0 unspecified atom stereocenters. The second kappa shape index (κ2) is 4.12. The molecule has 78 valence electrons. The van der Waals surface area contributed by atoms with Gasteiger partial charge in [0.15, 0.2) is 5.78 Å². The van der Waals surface area contributed by atoms with Crippen LogP contribution >= 0.6 is 0 Å². The standard InChI is InChI=1S/C13H20O/c1-10-6-5-9-13(3,4)12(10)8-7-11(2)14/h6-8,12H,5,9H2,1-4H3/t12-/m1/s1. The van der Waals surface area contributed by atoms with Gasteiger partial charge in [0.1, 0.15) is 0 Å². The first-order chi connectivity index (χ1) is 6.43. The van der Waals surface area contributed by atoms with Gasteiger partial charge < -0.3 is 0 Å². The minimum absolute atomic E-state index is 0.138. The van der Waals surface area contributed by atoms with Crippen molar-refractivity contribution in [2.75, 3.05) is 0 Å². The minimum Gasteiger partial charge on any atom is -0.295 e. The number of hydrogen-bond acceptors (Lipinski definition) is 1. The van der Waals surface area contributed by atoms with Gasteiger partial charge in [0.2, 0.25) is 0 Å². The fraction of sp³-hybridized carbons (Fsp3) is 0.615. The number of carbonyl (C=O) groups is 1. The Hall–Kier alpha value is -0.850. The summed E-state index contributed by atoms with van der Waals surface area (Å²) < 4.78 is 0. The van der Waals surface area contributed by atoms with E-state index in [2.05, 4.69) is 32.9 Å². The number of ketones is 1. The van der Waals surface area contributed by atoms with E-state index in [1.807, 2.05) is 0 Å². The van der Waals surface area contributed by atoms with Gasteiger partial charge in [-0.15, -0.1) is 0 Å². The number of carbonyl (C=O) groups excluding carboxylic acids is 1. The molecule has 0 spiro atoms. The lowest BCUT2D eigenvalue weighted by atomic mass is 9.68. The summed E-state index contributed by atoms with van der Waals surface area (Å²) in [6, 6.07) is 0. The Balaban J connectivity index is 2.86. The third kappa shape index (κ3) is 2.57. The molecule has 0 amide bonds. The largest absolute Gasteiger partial charge is 0.295 e. The van der Waals surface area contributed by atoms with Crippen molar-refractivity contribution in [3.8, 4) is 0 Å². The van der Waals surface area contributed by atoms with Crippen molar-refractivity contribution in [2.24, 2.45) is 11.3 Å². The van der Waals surface area contributed by atoms with Crippen LogP contribution in [0, 0.1) is 11.3 Å². The smallest absolute Gasteiger partial charge is 0.152 e. The monoisotopic (exact) mass is 192 g/mol. The van der Waals surface area contributed by atoms with Crippen LogP contribution in [0.15, 0.2) is 23.8 Å². The first-order valence-corrected chi connectivity index (χ1v) is 5.29. The zero-order valence-electron chi connectivity index (χ0n) is 9.63. The number of rotatable bonds is 2. The summed E-state index contributed by atoms with van der Waals surface area (Å²) in [5.74, 6) is 0.569. The lowest BCUT2D eigenvalue weighted by Crippen LogP contribution is -2.26. The van der Waals surface area contributed by atoms with Gasteiger partial charge >= 0.3 is 0 Å². The van der Waals surface area contributed by atoms with Crippen LogP contribution in [-0.4, -0.2) is 5.78 Å². The van der Waals surface area contributed by atoms with Crippen molar-refractivity contribution in [2.45, 2.75) is 40.5 Å². The van der Waals surface area contributed by atoms with Crippen LogP contribution in [0.25, 0.3) is 0 Å². The van der Waals surface area contributed by atoms with E-state index in [0.29, 0.717) is 11.3 Å². The Morgan fingerprint density at radius 1 is 1.57 bits per heavy atom. The third-order valence-corrected chi connectivity index (χ3v) is 3.11. The molecule has 0 aliphatic heterocycles. The van der Waals surface area contributed by atoms with Crippen LogP contribution in [0.1, 0.15) is 40.5 Å². The predicted molar refractivity (Wildman–Crippen MR) is 60.1 cm³/mol. The zero-order chi connectivity index (χ0) is 10.8. The van der Waals surface area contributed by atoms with Crippen molar-refractivity contribution in [3.05, 3.63) is 23.8 Å². The molecule has 0 N–H and O–H groups in total. The molecule has 0 aromatic rings. The maximum Gasteiger partial charge on any atom is 0.152 e. The molecule has 1 heteroatoms. The van der Waals surface area contributed by atoms with Crippen LogP contribution in [0.4, 0.5) is 0 Å². The first-order valence-electron chi connectivity index (χ1n) is 5.29. The van der Waals surface area contributed by atoms with E-state index in [9.17, 15) is 4.79 Å². The molecule has 1 nitrogen and oxygen atoms in total. The molecule has 1 rings (SSSR count). The second-order valence-corrected chi connectivity index (χ2v) is 4.92. The first kappa shape index (κ1) is 11.2. The molecular weight excluding hydrogens is 172 g/mol. The minimum atomic E-state index is 0.138. The third-order valence-electron chi connectivity index (χ3n) is 3.11. The molecule has 14 heavy (non-hydrogen) atoms. The average molecular weight is 192 g/mol. The number of hydrogen-bond donors (Lipinski definition) is 0. The van der Waals surface area contributed by atoms with Gasteiger partial charge in [-0.3, -0.25) is 4.79 Å². The van der Waals surface area contributed by atoms with E-state index >= 15 is 0 Å². The molecule has 0 saturated heterocycles. The van der Waals surface area contributed by atoms with Crippen molar-refractivity contribution in [3.63, 3.8) is 0 Å². The van der Waals surface area contributed by atoms with Crippen LogP contribution in [-0.2, 0) is 4.79 Å². The normalized spacial score (nSPS) is 26.3. The molecule has 0 aromatic carbocycles. The van der Waals surface area contributed by atoms with Gasteiger partial charge in [-0.05, 0) is 38.2 Å². The summed E-state index contributed by atoms with van der Waals surface area (Å²) in [5.41, 5.74) is 1.70. The fourth-order valence-electron chi connectivity index (χ4n) is 2.21. The highest BCUT2D eigenvalue weighted by Crippen LogP contribution is 2.41. The van der Waals surface area contributed by atoms with Crippen LogP contribution in [0.2, 0.25) is 0 Å². The number of allylic oxidation sites excluding steroid dienone is 4. The maximum absolute atomic E-state index is 10.9. The predicted octanol–water partition coefficient (Wildman–Crippen LogP) is 3.51. The lowest BCUT2D eigenvalue weighted by molar-refractivity contribution is -0.112. The topological polar surface area (TPSA) is 17.1 Å².